The molecule has 0 radical (unpaired) electrons. The number of thioether (sulfide) groups is 1. The Morgan fingerprint density at radius 3 is 2.04 bits per heavy atom. The van der Waals surface area contributed by atoms with Crippen LogP contribution in [-0.4, -0.2) is 19.5 Å². The Labute approximate surface area is 283 Å². The number of aromatic nitrogens is 4. The Morgan fingerprint density at radius 2 is 1.23 bits per heavy atom. The first-order chi connectivity index (χ1) is 23.6. The monoisotopic (exact) mass is 637 g/mol. The number of para-hydroxylation sites is 2. The maximum absolute atomic E-state index is 5.20. The number of benzene rings is 6. The Hall–Kier alpha value is -5.72. The summed E-state index contributed by atoms with van der Waals surface area (Å²) in [4.78, 5) is 19.1. The van der Waals surface area contributed by atoms with Crippen molar-refractivity contribution in [2.75, 3.05) is 4.90 Å². The van der Waals surface area contributed by atoms with E-state index >= 15 is 0 Å². The van der Waals surface area contributed by atoms with Crippen molar-refractivity contribution in [3.05, 3.63) is 162 Å². The SMILES string of the molecule is Cc1cccc(C)c1-c1nc(-c2ccccc2)nc(-n2c3ccccc3c3cc(N4c5ccccc5SC4c4ccccc4)ccc32)n1. The van der Waals surface area contributed by atoms with Gasteiger partial charge in [0.25, 0.3) is 0 Å². The molecule has 3 heterocycles. The average Bonchev–Trinajstić information content (AvgIpc) is 3.68. The second kappa shape index (κ2) is 11.5. The van der Waals surface area contributed by atoms with E-state index in [0.29, 0.717) is 17.6 Å². The predicted octanol–water partition coefficient (Wildman–Crippen LogP) is 10.9. The molecule has 6 aromatic carbocycles. The molecular formula is C42H31N5S. The van der Waals surface area contributed by atoms with Crippen LogP contribution in [-0.2, 0) is 0 Å². The lowest BCUT2D eigenvalue weighted by molar-refractivity contribution is 0.949. The summed E-state index contributed by atoms with van der Waals surface area (Å²) in [5.41, 5.74) is 10.0. The molecule has 0 N–H and O–H groups in total. The van der Waals surface area contributed by atoms with Crippen LogP contribution >= 0.6 is 11.8 Å². The molecule has 1 aliphatic rings. The van der Waals surface area contributed by atoms with E-state index < -0.39 is 0 Å². The van der Waals surface area contributed by atoms with Crippen molar-refractivity contribution in [3.8, 4) is 28.7 Å². The zero-order chi connectivity index (χ0) is 32.2. The van der Waals surface area contributed by atoms with Crippen molar-refractivity contribution < 1.29 is 0 Å². The lowest BCUT2D eigenvalue weighted by atomic mass is 10.0. The summed E-state index contributed by atoms with van der Waals surface area (Å²) < 4.78 is 2.20. The van der Waals surface area contributed by atoms with Crippen LogP contribution in [0.15, 0.2) is 150 Å². The molecule has 5 nitrogen and oxygen atoms in total. The molecular weight excluding hydrogens is 607 g/mol. The first kappa shape index (κ1) is 28.5. The molecule has 0 fully saturated rings. The Balaban J connectivity index is 1.27. The molecule has 0 aliphatic carbocycles. The molecule has 1 unspecified atom stereocenters. The van der Waals surface area contributed by atoms with Gasteiger partial charge in [0.2, 0.25) is 5.95 Å². The van der Waals surface area contributed by atoms with Gasteiger partial charge < -0.3 is 4.90 Å². The second-order valence-electron chi connectivity index (χ2n) is 12.2. The van der Waals surface area contributed by atoms with Crippen LogP contribution in [0.5, 0.6) is 0 Å². The van der Waals surface area contributed by atoms with Crippen LogP contribution in [0.3, 0.4) is 0 Å². The van der Waals surface area contributed by atoms with Crippen LogP contribution in [0.1, 0.15) is 22.1 Å². The summed E-state index contributed by atoms with van der Waals surface area (Å²) in [5, 5.41) is 2.44. The Bertz CT molecular complexity index is 2450. The van der Waals surface area contributed by atoms with Crippen LogP contribution in [0.25, 0.3) is 50.5 Å². The van der Waals surface area contributed by atoms with E-state index in [9.17, 15) is 0 Å². The van der Waals surface area contributed by atoms with Gasteiger partial charge >= 0.3 is 0 Å². The normalized spacial score (nSPS) is 14.1. The topological polar surface area (TPSA) is 46.8 Å². The molecule has 0 saturated carbocycles. The molecule has 1 aliphatic heterocycles. The number of hydrogen-bond acceptors (Lipinski definition) is 5. The molecule has 0 spiro atoms. The lowest BCUT2D eigenvalue weighted by Crippen LogP contribution is -2.17. The smallest absolute Gasteiger partial charge is 0.238 e. The molecule has 2 aromatic heterocycles. The molecule has 8 aromatic rings. The highest BCUT2D eigenvalue weighted by molar-refractivity contribution is 8.00. The molecule has 1 atom stereocenters. The summed E-state index contributed by atoms with van der Waals surface area (Å²) in [6.07, 6.45) is 0. The number of nitrogens with zero attached hydrogens (tertiary/aromatic N) is 5. The maximum Gasteiger partial charge on any atom is 0.238 e. The molecule has 0 saturated heterocycles. The van der Waals surface area contributed by atoms with Gasteiger partial charge in [0.15, 0.2) is 11.6 Å². The number of fused-ring (bicyclic) bond motifs is 4. The van der Waals surface area contributed by atoms with E-state index in [1.165, 1.54) is 16.1 Å². The van der Waals surface area contributed by atoms with Gasteiger partial charge in [-0.1, -0.05) is 121 Å². The number of hydrogen-bond donors (Lipinski definition) is 0. The fourth-order valence-corrected chi connectivity index (χ4v) is 8.27. The third kappa shape index (κ3) is 4.68. The summed E-state index contributed by atoms with van der Waals surface area (Å²) in [5.74, 6) is 1.93. The standard InChI is InChI=1S/C42H31N5S/c1-27-14-13-15-28(2)38(27)40-43-39(29-16-5-3-6-17-29)44-42(45-40)47-34-21-10-9-20-32(34)33-26-31(24-25-35(33)47)46-36-22-11-12-23-37(36)48-41(46)30-18-7-4-8-19-30/h3-26,41H,1-2H3. The van der Waals surface area contributed by atoms with Crippen molar-refractivity contribution in [1.82, 2.24) is 19.5 Å². The number of aryl methyl sites for hydroxylation is 2. The largest absolute Gasteiger partial charge is 0.323 e. The van der Waals surface area contributed by atoms with Gasteiger partial charge in [-0.3, -0.25) is 4.57 Å². The van der Waals surface area contributed by atoms with E-state index in [1.54, 1.807) is 0 Å². The maximum atomic E-state index is 5.20. The minimum Gasteiger partial charge on any atom is -0.323 e. The third-order valence-corrected chi connectivity index (χ3v) is 10.5. The first-order valence-electron chi connectivity index (χ1n) is 16.2. The Morgan fingerprint density at radius 1 is 0.562 bits per heavy atom. The molecule has 0 bridgehead atoms. The van der Waals surface area contributed by atoms with Gasteiger partial charge in [-0.25, -0.2) is 4.98 Å². The van der Waals surface area contributed by atoms with E-state index in [-0.39, 0.29) is 5.37 Å². The van der Waals surface area contributed by atoms with Gasteiger partial charge in [-0.05, 0) is 66.9 Å². The highest BCUT2D eigenvalue weighted by atomic mass is 32.2. The highest BCUT2D eigenvalue weighted by Gasteiger charge is 2.32. The Kier molecular flexibility index (Phi) is 6.83. The van der Waals surface area contributed by atoms with Gasteiger partial charge in [0, 0.05) is 32.5 Å². The van der Waals surface area contributed by atoms with Crippen molar-refractivity contribution in [1.29, 1.82) is 0 Å². The molecule has 0 amide bonds. The fourth-order valence-electron chi connectivity index (χ4n) is 6.95. The summed E-state index contributed by atoms with van der Waals surface area (Å²) >= 11 is 1.90. The van der Waals surface area contributed by atoms with Crippen LogP contribution in [0, 0.1) is 13.8 Å². The van der Waals surface area contributed by atoms with Crippen molar-refractivity contribution in [3.63, 3.8) is 0 Å². The fraction of sp³-hybridized carbons (Fsp3) is 0.0714. The van der Waals surface area contributed by atoms with E-state index in [2.05, 4.69) is 151 Å². The number of anilines is 2. The summed E-state index contributed by atoms with van der Waals surface area (Å²) in [6, 6.07) is 51.3. The molecule has 9 rings (SSSR count). The highest BCUT2D eigenvalue weighted by Crippen LogP contribution is 2.55. The minimum absolute atomic E-state index is 0.131. The average molecular weight is 638 g/mol. The minimum atomic E-state index is 0.131. The second-order valence-corrected chi connectivity index (χ2v) is 13.3. The first-order valence-corrected chi connectivity index (χ1v) is 17.0. The zero-order valence-electron chi connectivity index (χ0n) is 26.6. The van der Waals surface area contributed by atoms with Crippen molar-refractivity contribution in [2.24, 2.45) is 0 Å². The van der Waals surface area contributed by atoms with Crippen LogP contribution < -0.4 is 4.90 Å². The summed E-state index contributed by atoms with van der Waals surface area (Å²) in [7, 11) is 0. The van der Waals surface area contributed by atoms with Gasteiger partial charge in [0.1, 0.15) is 5.37 Å². The lowest BCUT2D eigenvalue weighted by Gasteiger charge is -2.27. The quantitative estimate of drug-likeness (QED) is 0.188. The molecule has 48 heavy (non-hydrogen) atoms. The van der Waals surface area contributed by atoms with Crippen molar-refractivity contribution in [2.45, 2.75) is 24.1 Å². The summed E-state index contributed by atoms with van der Waals surface area (Å²) in [6.45, 7) is 4.24. The predicted molar refractivity (Wildman–Crippen MR) is 198 cm³/mol. The van der Waals surface area contributed by atoms with Crippen molar-refractivity contribution >= 4 is 44.9 Å². The van der Waals surface area contributed by atoms with E-state index in [1.807, 2.05) is 30.0 Å². The third-order valence-electron chi connectivity index (χ3n) is 9.18. The van der Waals surface area contributed by atoms with Gasteiger partial charge in [-0.2, -0.15) is 9.97 Å². The molecule has 6 heteroatoms. The van der Waals surface area contributed by atoms with Crippen LogP contribution in [0.2, 0.25) is 0 Å². The van der Waals surface area contributed by atoms with E-state index in [0.717, 1.165) is 49.7 Å². The molecule has 230 valence electrons. The number of rotatable bonds is 5. The van der Waals surface area contributed by atoms with Gasteiger partial charge in [0.05, 0.1) is 16.7 Å². The zero-order valence-corrected chi connectivity index (χ0v) is 27.4. The van der Waals surface area contributed by atoms with E-state index in [4.69, 9.17) is 15.0 Å². The van der Waals surface area contributed by atoms with Gasteiger partial charge in [-0.15, -0.1) is 0 Å². The van der Waals surface area contributed by atoms with Crippen LogP contribution in [0.4, 0.5) is 11.4 Å².